The van der Waals surface area contributed by atoms with Crippen molar-refractivity contribution >= 4 is 24.5 Å². The average Bonchev–Trinajstić information content (AvgIpc) is 2.59. The largest absolute Gasteiger partial charge is 0.469 e. The van der Waals surface area contributed by atoms with Crippen LogP contribution in [-0.4, -0.2) is 71.0 Å². The minimum absolute atomic E-state index is 0.245. The molecular formula is C18H37O8PS. The summed E-state index contributed by atoms with van der Waals surface area (Å²) in [6.45, 7) is 9.79. The summed E-state index contributed by atoms with van der Waals surface area (Å²) in [4.78, 5) is 11.3. The molecule has 0 aliphatic rings. The van der Waals surface area contributed by atoms with Crippen molar-refractivity contribution < 1.29 is 37.3 Å². The Morgan fingerprint density at radius 3 is 2.04 bits per heavy atom. The third-order valence-electron chi connectivity index (χ3n) is 3.10. The van der Waals surface area contributed by atoms with Crippen molar-refractivity contribution in [1.29, 1.82) is 0 Å². The maximum absolute atomic E-state index is 11.3. The maximum Gasteiger partial charge on any atom is 0.328 e. The van der Waals surface area contributed by atoms with Gasteiger partial charge in [-0.2, -0.15) is 0 Å². The molecule has 2 atom stereocenters. The van der Waals surface area contributed by atoms with Crippen LogP contribution in [0.25, 0.3) is 0 Å². The monoisotopic (exact) mass is 444 g/mol. The van der Waals surface area contributed by atoms with Gasteiger partial charge in [0.1, 0.15) is 0 Å². The van der Waals surface area contributed by atoms with E-state index in [-0.39, 0.29) is 25.1 Å². The molecule has 0 aliphatic heterocycles. The molecule has 0 saturated heterocycles. The van der Waals surface area contributed by atoms with Crippen LogP contribution in [0.3, 0.4) is 0 Å². The first-order valence-electron chi connectivity index (χ1n) is 9.55. The highest BCUT2D eigenvalue weighted by molar-refractivity contribution is 8.07. The molecule has 0 aromatic rings. The van der Waals surface area contributed by atoms with E-state index < -0.39 is 12.3 Å². The number of ether oxygens (including phenoxy) is 4. The number of hydrogen-bond acceptors (Lipinski definition) is 9. The summed E-state index contributed by atoms with van der Waals surface area (Å²) in [6, 6.07) is 0. The third-order valence-corrected chi connectivity index (χ3v) is 5.79. The van der Waals surface area contributed by atoms with Gasteiger partial charge in [-0.3, -0.25) is 4.79 Å². The number of rotatable bonds is 17. The van der Waals surface area contributed by atoms with Gasteiger partial charge in [0.25, 0.3) is 0 Å². The summed E-state index contributed by atoms with van der Waals surface area (Å²) in [5.74, 6) is -0.293. The van der Waals surface area contributed by atoms with Crippen molar-refractivity contribution in [2.45, 2.75) is 59.2 Å². The third kappa shape index (κ3) is 16.8. The standard InChI is InChI=1S/C18H37O8PS/c1-7-21-10-11-22-12-13-23-14-15-24-27(28,26-18(3,4)5)25-16(2)8-9-17(19)20-6/h16H,7-15H2,1-6H3. The topological polar surface area (TPSA) is 81.7 Å². The van der Waals surface area contributed by atoms with E-state index in [1.165, 1.54) is 7.11 Å². The molecule has 0 aliphatic carbocycles. The van der Waals surface area contributed by atoms with E-state index in [2.05, 4.69) is 4.74 Å². The molecule has 0 fully saturated rings. The van der Waals surface area contributed by atoms with Gasteiger partial charge in [-0.05, 0) is 52.8 Å². The lowest BCUT2D eigenvalue weighted by Gasteiger charge is -2.31. The molecule has 0 aromatic carbocycles. The molecule has 0 spiro atoms. The molecule has 8 nitrogen and oxygen atoms in total. The Balaban J connectivity index is 4.23. The van der Waals surface area contributed by atoms with Gasteiger partial charge < -0.3 is 32.5 Å². The van der Waals surface area contributed by atoms with E-state index in [1.54, 1.807) is 0 Å². The van der Waals surface area contributed by atoms with Gasteiger partial charge in [-0.25, -0.2) is 0 Å². The highest BCUT2D eigenvalue weighted by Gasteiger charge is 2.30. The fourth-order valence-corrected chi connectivity index (χ4v) is 4.91. The number of carbonyl (C=O) groups excluding carboxylic acids is 1. The summed E-state index contributed by atoms with van der Waals surface area (Å²) >= 11 is 5.53. The van der Waals surface area contributed by atoms with Crippen LogP contribution in [0, 0.1) is 0 Å². The molecular weight excluding hydrogens is 407 g/mol. The highest BCUT2D eigenvalue weighted by Crippen LogP contribution is 2.54. The average molecular weight is 445 g/mol. The lowest BCUT2D eigenvalue weighted by Crippen LogP contribution is -2.22. The Hall–Kier alpha value is -0.120. The molecule has 0 bridgehead atoms. The molecule has 0 aromatic heterocycles. The second-order valence-electron chi connectivity index (χ2n) is 6.94. The zero-order valence-corrected chi connectivity index (χ0v) is 19.8. The number of esters is 1. The Bertz CT molecular complexity index is 455. The van der Waals surface area contributed by atoms with Crippen LogP contribution < -0.4 is 0 Å². The Morgan fingerprint density at radius 1 is 1.00 bits per heavy atom. The molecule has 0 heterocycles. The zero-order chi connectivity index (χ0) is 21.5. The molecule has 0 radical (unpaired) electrons. The molecule has 10 heteroatoms. The molecule has 0 amide bonds. The van der Waals surface area contributed by atoms with E-state index in [4.69, 9.17) is 39.6 Å². The first-order valence-corrected chi connectivity index (χ1v) is 12.1. The van der Waals surface area contributed by atoms with Crippen LogP contribution in [0.4, 0.5) is 0 Å². The van der Waals surface area contributed by atoms with Crippen LogP contribution in [0.5, 0.6) is 0 Å². The molecule has 0 N–H and O–H groups in total. The minimum atomic E-state index is -2.99. The summed E-state index contributed by atoms with van der Waals surface area (Å²) in [7, 11) is 1.36. The maximum atomic E-state index is 11.3. The SMILES string of the molecule is CCOCCOCCOCCOP(=S)(OC(C)CCC(=O)OC)OC(C)(C)C. The number of methoxy groups -OCH3 is 1. The smallest absolute Gasteiger partial charge is 0.328 e. The van der Waals surface area contributed by atoms with Gasteiger partial charge in [-0.1, -0.05) is 0 Å². The van der Waals surface area contributed by atoms with Gasteiger partial charge in [0.05, 0.1) is 58.5 Å². The van der Waals surface area contributed by atoms with Crippen LogP contribution in [0.15, 0.2) is 0 Å². The first kappa shape index (κ1) is 27.9. The van der Waals surface area contributed by atoms with E-state index >= 15 is 0 Å². The number of hydrogen-bond donors (Lipinski definition) is 0. The van der Waals surface area contributed by atoms with Gasteiger partial charge >= 0.3 is 12.7 Å². The van der Waals surface area contributed by atoms with Gasteiger partial charge in [-0.15, -0.1) is 0 Å². The van der Waals surface area contributed by atoms with Crippen LogP contribution >= 0.6 is 6.72 Å². The Kier molecular flexibility index (Phi) is 15.6. The summed E-state index contributed by atoms with van der Waals surface area (Å²) in [5.41, 5.74) is -0.521. The van der Waals surface area contributed by atoms with E-state index in [9.17, 15) is 4.79 Å². The Morgan fingerprint density at radius 2 is 1.54 bits per heavy atom. The lowest BCUT2D eigenvalue weighted by atomic mass is 10.2. The van der Waals surface area contributed by atoms with Crippen LogP contribution in [-0.2, 0) is 49.1 Å². The predicted molar refractivity (Wildman–Crippen MR) is 111 cm³/mol. The van der Waals surface area contributed by atoms with Crippen LogP contribution in [0.1, 0.15) is 47.5 Å². The number of carbonyl (C=O) groups is 1. The van der Waals surface area contributed by atoms with Crippen molar-refractivity contribution in [1.82, 2.24) is 0 Å². The Labute approximate surface area is 174 Å². The molecule has 2 unspecified atom stereocenters. The molecule has 0 rings (SSSR count). The summed E-state index contributed by atoms with van der Waals surface area (Å²) < 4.78 is 38.2. The summed E-state index contributed by atoms with van der Waals surface area (Å²) in [6.07, 6.45) is 0.416. The second-order valence-corrected chi connectivity index (χ2v) is 9.82. The molecule has 168 valence electrons. The zero-order valence-electron chi connectivity index (χ0n) is 18.1. The first-order chi connectivity index (χ1) is 13.1. The minimum Gasteiger partial charge on any atom is -0.469 e. The van der Waals surface area contributed by atoms with Crippen molar-refractivity contribution in [3.8, 4) is 0 Å². The van der Waals surface area contributed by atoms with Crippen molar-refractivity contribution in [3.05, 3.63) is 0 Å². The quantitative estimate of drug-likeness (QED) is 0.190. The van der Waals surface area contributed by atoms with Crippen LogP contribution in [0.2, 0.25) is 0 Å². The van der Waals surface area contributed by atoms with Crippen molar-refractivity contribution in [2.75, 3.05) is 53.4 Å². The second kappa shape index (κ2) is 15.7. The van der Waals surface area contributed by atoms with E-state index in [0.29, 0.717) is 46.1 Å². The van der Waals surface area contributed by atoms with Crippen molar-refractivity contribution in [2.24, 2.45) is 0 Å². The fourth-order valence-electron chi connectivity index (χ4n) is 1.90. The molecule has 28 heavy (non-hydrogen) atoms. The fraction of sp³-hybridized carbons (Fsp3) is 0.944. The van der Waals surface area contributed by atoms with E-state index in [1.807, 2.05) is 34.6 Å². The van der Waals surface area contributed by atoms with Gasteiger partial charge in [0, 0.05) is 13.0 Å². The predicted octanol–water partition coefficient (Wildman–Crippen LogP) is 3.47. The lowest BCUT2D eigenvalue weighted by molar-refractivity contribution is -0.141. The van der Waals surface area contributed by atoms with Gasteiger partial charge in [0.15, 0.2) is 0 Å². The molecule has 0 saturated carbocycles. The van der Waals surface area contributed by atoms with Gasteiger partial charge in [0.2, 0.25) is 0 Å². The highest BCUT2D eigenvalue weighted by atomic mass is 32.5. The van der Waals surface area contributed by atoms with E-state index in [0.717, 1.165) is 0 Å². The van der Waals surface area contributed by atoms with Crippen molar-refractivity contribution in [3.63, 3.8) is 0 Å². The summed E-state index contributed by atoms with van der Waals surface area (Å²) in [5, 5.41) is 0. The normalized spacial score (nSPS) is 15.2.